The molecule has 16 nitrogen and oxygen atoms in total. The zero-order chi connectivity index (χ0) is 55.4. The van der Waals surface area contributed by atoms with Crippen molar-refractivity contribution in [3.8, 4) is 39.4 Å². The predicted molar refractivity (Wildman–Crippen MR) is 314 cm³/mol. The standard InChI is InChI=1S/C59H73N7O9S3/c1-6-64(7-2)46-17-22-50-54(39-46)75-55-40-47(65(8-3)9-4)18-23-51(55)59(50)52-24-21-49(41-56(52)77)78(69,70)62-29-31-72-33-35-74-37-36-73-34-32-71-30-26-58(68)61-28-27-60-57(67)25-14-44-38-53(43-12-10-42(5)11-13-43)66(63-44)45-15-19-48(76)20-16-45/h10-13,15-24,38-41,62H,6-9,14,25-37H2,1-5H3,(H3,60,61,67,68,76)/p+1. The number of nitrogens with one attached hydrogen (secondary N) is 3. The van der Waals surface area contributed by atoms with E-state index in [2.05, 4.69) is 126 Å². The molecule has 2 aliphatic rings. The van der Waals surface area contributed by atoms with Gasteiger partial charge in [-0.3, -0.25) is 9.59 Å². The van der Waals surface area contributed by atoms with Crippen LogP contribution in [-0.4, -0.2) is 129 Å². The molecular formula is C59H74N7O9S3+. The van der Waals surface area contributed by atoms with Gasteiger partial charge in [0.15, 0.2) is 0 Å². The van der Waals surface area contributed by atoms with Crippen LogP contribution in [0.15, 0.2) is 128 Å². The van der Waals surface area contributed by atoms with Crippen molar-refractivity contribution in [2.24, 2.45) is 0 Å². The predicted octanol–water partition coefficient (Wildman–Crippen LogP) is 8.20. The Morgan fingerprint density at radius 2 is 1.31 bits per heavy atom. The lowest BCUT2D eigenvalue weighted by Crippen LogP contribution is -2.35. The molecule has 2 amide bonds. The molecule has 2 heterocycles. The highest BCUT2D eigenvalue weighted by atomic mass is 32.2. The highest BCUT2D eigenvalue weighted by Gasteiger charge is 2.23. The number of hydrogen-bond donors (Lipinski definition) is 5. The fourth-order valence-corrected chi connectivity index (χ4v) is 10.6. The first-order valence-electron chi connectivity index (χ1n) is 26.8. The largest absolute Gasteiger partial charge is 0.456 e. The molecular weight excluding hydrogens is 1050 g/mol. The zero-order valence-electron chi connectivity index (χ0n) is 45.4. The smallest absolute Gasteiger partial charge is 0.240 e. The minimum Gasteiger partial charge on any atom is -0.456 e. The molecule has 1 aliphatic carbocycles. The molecule has 19 heteroatoms. The Labute approximate surface area is 469 Å². The fourth-order valence-electron chi connectivity index (χ4n) is 8.97. The molecule has 0 unspecified atom stereocenters. The van der Waals surface area contributed by atoms with E-state index in [1.165, 1.54) is 5.56 Å². The van der Waals surface area contributed by atoms with Gasteiger partial charge in [-0.2, -0.15) is 5.10 Å². The maximum Gasteiger partial charge on any atom is 0.240 e. The number of carbonyl (C=O) groups is 2. The van der Waals surface area contributed by atoms with Gasteiger partial charge in [0.05, 0.1) is 80.9 Å². The summed E-state index contributed by atoms with van der Waals surface area (Å²) >= 11 is 9.27. The van der Waals surface area contributed by atoms with Crippen molar-refractivity contribution in [1.29, 1.82) is 0 Å². The van der Waals surface area contributed by atoms with E-state index in [-0.39, 0.29) is 55.9 Å². The minimum atomic E-state index is -3.86. The maximum absolute atomic E-state index is 13.4. The van der Waals surface area contributed by atoms with Crippen molar-refractivity contribution in [3.05, 3.63) is 126 Å². The molecule has 0 fully saturated rings. The first-order valence-corrected chi connectivity index (χ1v) is 29.2. The van der Waals surface area contributed by atoms with Gasteiger partial charge in [-0.05, 0) is 101 Å². The van der Waals surface area contributed by atoms with Gasteiger partial charge in [0, 0.05) is 102 Å². The first kappa shape index (κ1) is 59.6. The summed E-state index contributed by atoms with van der Waals surface area (Å²) < 4.78 is 62.5. The highest BCUT2D eigenvalue weighted by molar-refractivity contribution is 7.89. The van der Waals surface area contributed by atoms with Crippen LogP contribution in [0.4, 0.5) is 5.69 Å². The number of rotatable bonds is 31. The van der Waals surface area contributed by atoms with Gasteiger partial charge in [-0.25, -0.2) is 22.4 Å². The van der Waals surface area contributed by atoms with Crippen molar-refractivity contribution >= 4 is 63.8 Å². The lowest BCUT2D eigenvalue weighted by molar-refractivity contribution is -0.123. The third-order valence-electron chi connectivity index (χ3n) is 13.2. The van der Waals surface area contributed by atoms with Gasteiger partial charge < -0.3 is 38.9 Å². The molecule has 78 heavy (non-hydrogen) atoms. The number of nitrogens with zero attached hydrogens (tertiary/aromatic N) is 4. The molecule has 416 valence electrons. The molecule has 3 N–H and O–H groups in total. The van der Waals surface area contributed by atoms with Gasteiger partial charge in [0.2, 0.25) is 27.2 Å². The van der Waals surface area contributed by atoms with Crippen molar-refractivity contribution < 1.29 is 41.4 Å². The lowest BCUT2D eigenvalue weighted by Gasteiger charge is -2.22. The van der Waals surface area contributed by atoms with Crippen LogP contribution in [0.25, 0.3) is 50.4 Å². The summed E-state index contributed by atoms with van der Waals surface area (Å²) in [6, 6.07) is 35.6. The lowest BCUT2D eigenvalue weighted by atomic mass is 9.93. The quantitative estimate of drug-likeness (QED) is 0.0123. The number of benzene rings is 5. The fraction of sp³-hybridized carbons (Fsp3) is 0.390. The summed E-state index contributed by atoms with van der Waals surface area (Å²) in [5, 5.41) is 12.5. The number of anilines is 1. The van der Waals surface area contributed by atoms with Crippen LogP contribution < -0.4 is 30.2 Å². The SMILES string of the molecule is CCN(CC)c1ccc2c(-c3ccc(S(=O)(=O)NCCOCCOCCOCCOCCC(=O)NCCNC(=O)CCc4cc(-c5ccc(C)cc5)n(-c5ccc(S)cc5)n4)cc3S)c3ccc(=[N+](CC)CC)cc-3oc2c1. The number of aromatic nitrogens is 2. The number of fused-ring (bicyclic) bond motifs is 2. The van der Waals surface area contributed by atoms with E-state index >= 15 is 0 Å². The molecule has 4 aromatic carbocycles. The molecule has 1 aromatic heterocycles. The van der Waals surface area contributed by atoms with Crippen molar-refractivity contribution in [2.45, 2.75) is 68.6 Å². The van der Waals surface area contributed by atoms with Gasteiger partial charge in [-0.1, -0.05) is 35.9 Å². The third kappa shape index (κ3) is 16.5. The van der Waals surface area contributed by atoms with Crippen LogP contribution in [0, 0.1) is 6.92 Å². The van der Waals surface area contributed by atoms with E-state index in [0.717, 1.165) is 98.2 Å². The van der Waals surface area contributed by atoms with Gasteiger partial charge in [-0.15, -0.1) is 25.3 Å². The van der Waals surface area contributed by atoms with Crippen molar-refractivity contribution in [2.75, 3.05) is 104 Å². The topological polar surface area (TPSA) is 178 Å². The van der Waals surface area contributed by atoms with Gasteiger partial charge >= 0.3 is 0 Å². The summed E-state index contributed by atoms with van der Waals surface area (Å²) in [5.41, 5.74) is 9.27. The summed E-state index contributed by atoms with van der Waals surface area (Å²) in [6.07, 6.45) is 0.911. The second kappa shape index (κ2) is 29.8. The number of amides is 2. The summed E-state index contributed by atoms with van der Waals surface area (Å²) in [7, 11) is -3.86. The Kier molecular flexibility index (Phi) is 22.8. The van der Waals surface area contributed by atoms with Crippen molar-refractivity contribution in [3.63, 3.8) is 0 Å². The van der Waals surface area contributed by atoms with Crippen LogP contribution >= 0.6 is 25.3 Å². The molecule has 0 saturated heterocycles. The minimum absolute atomic E-state index is 0.0779. The second-order valence-electron chi connectivity index (χ2n) is 18.5. The molecule has 0 radical (unpaired) electrons. The Bertz CT molecular complexity index is 3160. The molecule has 0 bridgehead atoms. The van der Waals surface area contributed by atoms with E-state index in [4.69, 9.17) is 41.1 Å². The van der Waals surface area contributed by atoms with Crippen LogP contribution in [-0.2, 0) is 45.0 Å². The van der Waals surface area contributed by atoms with Crippen LogP contribution in [0.5, 0.6) is 0 Å². The average Bonchev–Trinajstić information content (AvgIpc) is 3.87. The molecule has 0 saturated carbocycles. The third-order valence-corrected chi connectivity index (χ3v) is 15.3. The second-order valence-corrected chi connectivity index (χ2v) is 21.2. The van der Waals surface area contributed by atoms with E-state index in [0.29, 0.717) is 57.4 Å². The van der Waals surface area contributed by atoms with Crippen LogP contribution in [0.2, 0.25) is 0 Å². The Balaban J connectivity index is 0.734. The number of thiol groups is 2. The summed E-state index contributed by atoms with van der Waals surface area (Å²) in [5.74, 6) is 0.440. The van der Waals surface area contributed by atoms with E-state index < -0.39 is 10.0 Å². The zero-order valence-corrected chi connectivity index (χ0v) is 48.0. The van der Waals surface area contributed by atoms with Gasteiger partial charge in [0.25, 0.3) is 0 Å². The molecule has 7 rings (SSSR count). The van der Waals surface area contributed by atoms with Gasteiger partial charge in [0.1, 0.15) is 24.4 Å². The number of aryl methyl sites for hydroxylation is 2. The molecule has 1 aliphatic heterocycles. The Hall–Kier alpha value is -6.03. The van der Waals surface area contributed by atoms with E-state index in [1.54, 1.807) is 12.1 Å². The summed E-state index contributed by atoms with van der Waals surface area (Å²) in [4.78, 5) is 28.7. The molecule has 5 aromatic rings. The number of carbonyl (C=O) groups excluding carboxylic acids is 2. The Morgan fingerprint density at radius 1 is 0.679 bits per heavy atom. The Morgan fingerprint density at radius 3 is 1.95 bits per heavy atom. The average molecular weight is 1120 g/mol. The maximum atomic E-state index is 13.4. The first-order chi connectivity index (χ1) is 37.8. The number of ether oxygens (including phenoxy) is 4. The number of hydrogen-bond acceptors (Lipinski definition) is 13. The summed E-state index contributed by atoms with van der Waals surface area (Å²) in [6.45, 7) is 17.1. The monoisotopic (exact) mass is 1120 g/mol. The van der Waals surface area contributed by atoms with E-state index in [9.17, 15) is 18.0 Å². The molecule has 0 spiro atoms. The van der Waals surface area contributed by atoms with E-state index in [1.807, 2.05) is 48.0 Å². The highest BCUT2D eigenvalue weighted by Crippen LogP contribution is 2.43. The van der Waals surface area contributed by atoms with Crippen LogP contribution in [0.1, 0.15) is 51.8 Å². The number of sulfonamides is 1. The normalized spacial score (nSPS) is 11.6. The van der Waals surface area contributed by atoms with Crippen LogP contribution in [0.3, 0.4) is 0 Å². The van der Waals surface area contributed by atoms with Crippen molar-refractivity contribution in [1.82, 2.24) is 29.7 Å². The molecule has 0 atom stereocenters.